The maximum Gasteiger partial charge on any atom is 0.235 e. The number of rotatable bonds is 4. The normalized spacial score (nSPS) is 12.0. The Bertz CT molecular complexity index is 3480. The number of para-hydroxylation sites is 4. The quantitative estimate of drug-likeness (QED) is 0.183. The molecule has 6 heteroatoms. The molecule has 5 aromatic heterocycles. The zero-order valence-electron chi connectivity index (χ0n) is 29.5. The average molecular weight is 703 g/mol. The molecule has 0 radical (unpaired) electrons. The number of pyridine rings is 1. The Morgan fingerprint density at radius 3 is 1.73 bits per heavy atom. The largest absolute Gasteiger partial charge is 0.309 e. The van der Waals surface area contributed by atoms with Crippen molar-refractivity contribution in [2.24, 2.45) is 0 Å². The summed E-state index contributed by atoms with van der Waals surface area (Å²) in [5.74, 6) is 0.638. The predicted molar refractivity (Wildman–Crippen MR) is 225 cm³/mol. The van der Waals surface area contributed by atoms with Gasteiger partial charge in [0.05, 0.1) is 44.3 Å². The van der Waals surface area contributed by atoms with Crippen molar-refractivity contribution in [2.75, 3.05) is 0 Å². The van der Waals surface area contributed by atoms with Gasteiger partial charge in [0.25, 0.3) is 0 Å². The Morgan fingerprint density at radius 2 is 0.945 bits per heavy atom. The van der Waals surface area contributed by atoms with Crippen molar-refractivity contribution >= 4 is 71.2 Å². The smallest absolute Gasteiger partial charge is 0.235 e. The van der Waals surface area contributed by atoms with Crippen molar-refractivity contribution in [1.82, 2.24) is 28.5 Å². The molecule has 0 bridgehead atoms. The van der Waals surface area contributed by atoms with E-state index in [2.05, 4.69) is 177 Å². The minimum absolute atomic E-state index is 0.638. The lowest BCUT2D eigenvalue weighted by molar-refractivity contribution is 1.01. The lowest BCUT2D eigenvalue weighted by Crippen LogP contribution is -2.03. The topological polar surface area (TPSA) is 52.9 Å². The standard InChI is InChI=1S/C49H30N6/c1-3-13-31(14-4-1)48-37-19-7-10-20-40(37)51-49(52-48)55-43-22-12-9-18-36(43)39-29-47-50-41-28-33(24-26-45(41)53(47)30-46(39)55)32-23-25-44-38(27-32)35-17-8-11-21-42(35)54(44)34-15-5-2-6-16-34/h1-30H. The molecule has 0 fully saturated rings. The summed E-state index contributed by atoms with van der Waals surface area (Å²) in [5.41, 5.74) is 13.7. The van der Waals surface area contributed by atoms with Gasteiger partial charge in [0, 0.05) is 44.4 Å². The van der Waals surface area contributed by atoms with Crippen LogP contribution >= 0.6 is 0 Å². The SMILES string of the molecule is c1ccc(-c2nc(-n3c4ccccc4c4cc5nc6cc(-c7ccc8c(c7)c7ccccc7n8-c7ccccc7)ccc6n5cc43)nc3ccccc23)cc1. The summed E-state index contributed by atoms with van der Waals surface area (Å²) in [6.45, 7) is 0. The number of aromatic nitrogens is 6. The van der Waals surface area contributed by atoms with E-state index in [4.69, 9.17) is 15.0 Å². The number of hydrogen-bond acceptors (Lipinski definition) is 3. The number of nitrogens with zero attached hydrogens (tertiary/aromatic N) is 6. The van der Waals surface area contributed by atoms with E-state index in [-0.39, 0.29) is 0 Å². The Hall–Kier alpha value is -7.57. The minimum Gasteiger partial charge on any atom is -0.309 e. The van der Waals surface area contributed by atoms with Crippen molar-refractivity contribution < 1.29 is 0 Å². The molecule has 0 saturated carbocycles. The van der Waals surface area contributed by atoms with Crippen LogP contribution in [0.15, 0.2) is 182 Å². The first-order chi connectivity index (χ1) is 27.3. The van der Waals surface area contributed by atoms with Crippen molar-refractivity contribution in [3.05, 3.63) is 182 Å². The Balaban J connectivity index is 1.04. The van der Waals surface area contributed by atoms with E-state index in [9.17, 15) is 0 Å². The van der Waals surface area contributed by atoms with Gasteiger partial charge in [0.2, 0.25) is 5.95 Å². The van der Waals surface area contributed by atoms with E-state index in [1.54, 1.807) is 0 Å². The second-order valence-corrected chi connectivity index (χ2v) is 14.1. The van der Waals surface area contributed by atoms with Crippen LogP contribution in [0.3, 0.4) is 0 Å². The molecule has 0 N–H and O–H groups in total. The average Bonchev–Trinajstić information content (AvgIpc) is 3.89. The van der Waals surface area contributed by atoms with Crippen LogP contribution in [0.25, 0.3) is 105 Å². The minimum atomic E-state index is 0.638. The van der Waals surface area contributed by atoms with E-state index in [1.165, 1.54) is 21.8 Å². The van der Waals surface area contributed by atoms with Crippen molar-refractivity contribution in [3.63, 3.8) is 0 Å². The number of hydrogen-bond donors (Lipinski definition) is 0. The van der Waals surface area contributed by atoms with Crippen LogP contribution in [-0.2, 0) is 0 Å². The fourth-order valence-electron chi connectivity index (χ4n) is 8.55. The highest BCUT2D eigenvalue weighted by molar-refractivity contribution is 6.12. The summed E-state index contributed by atoms with van der Waals surface area (Å²) in [6.07, 6.45) is 2.20. The van der Waals surface area contributed by atoms with E-state index in [0.29, 0.717) is 5.95 Å². The van der Waals surface area contributed by atoms with Gasteiger partial charge >= 0.3 is 0 Å². The monoisotopic (exact) mass is 702 g/mol. The second kappa shape index (κ2) is 11.5. The van der Waals surface area contributed by atoms with Gasteiger partial charge < -0.3 is 4.57 Å². The molecule has 256 valence electrons. The van der Waals surface area contributed by atoms with E-state index in [0.717, 1.165) is 77.5 Å². The van der Waals surface area contributed by atoms with Crippen LogP contribution in [0.5, 0.6) is 0 Å². The first-order valence-corrected chi connectivity index (χ1v) is 18.5. The molecular formula is C49H30N6. The Morgan fingerprint density at radius 1 is 0.345 bits per heavy atom. The molecule has 6 nitrogen and oxygen atoms in total. The number of imidazole rings is 1. The number of fused-ring (bicyclic) bond motifs is 10. The summed E-state index contributed by atoms with van der Waals surface area (Å²) in [4.78, 5) is 15.6. The fraction of sp³-hybridized carbons (Fsp3) is 0. The van der Waals surface area contributed by atoms with Crippen molar-refractivity contribution in [3.8, 4) is 34.0 Å². The lowest BCUT2D eigenvalue weighted by Gasteiger charge is -2.11. The highest BCUT2D eigenvalue weighted by Crippen LogP contribution is 2.38. The van der Waals surface area contributed by atoms with E-state index in [1.807, 2.05) is 18.2 Å². The maximum atomic E-state index is 5.27. The van der Waals surface area contributed by atoms with Crippen LogP contribution in [0.1, 0.15) is 0 Å². The van der Waals surface area contributed by atoms with Gasteiger partial charge in [-0.05, 0) is 71.8 Å². The van der Waals surface area contributed by atoms with Crippen molar-refractivity contribution in [1.29, 1.82) is 0 Å². The van der Waals surface area contributed by atoms with Gasteiger partial charge in [-0.1, -0.05) is 115 Å². The predicted octanol–water partition coefficient (Wildman–Crippen LogP) is 12.0. The third-order valence-electron chi connectivity index (χ3n) is 11.1. The van der Waals surface area contributed by atoms with Gasteiger partial charge in [0.1, 0.15) is 5.65 Å². The molecule has 12 aromatic rings. The summed E-state index contributed by atoms with van der Waals surface area (Å²) < 4.78 is 6.75. The number of benzene rings is 7. The Labute approximate surface area is 314 Å². The molecule has 0 saturated heterocycles. The summed E-state index contributed by atoms with van der Waals surface area (Å²) in [6, 6.07) is 62.0. The molecule has 0 unspecified atom stereocenters. The summed E-state index contributed by atoms with van der Waals surface area (Å²) in [7, 11) is 0. The molecule has 12 rings (SSSR count). The molecule has 0 amide bonds. The highest BCUT2D eigenvalue weighted by Gasteiger charge is 2.20. The first kappa shape index (κ1) is 29.9. The molecule has 7 aromatic carbocycles. The van der Waals surface area contributed by atoms with E-state index >= 15 is 0 Å². The fourth-order valence-corrected chi connectivity index (χ4v) is 8.55. The molecule has 0 aliphatic rings. The molecule has 0 aliphatic heterocycles. The van der Waals surface area contributed by atoms with Gasteiger partial charge in [-0.15, -0.1) is 0 Å². The second-order valence-electron chi connectivity index (χ2n) is 14.1. The van der Waals surface area contributed by atoms with E-state index < -0.39 is 0 Å². The zero-order valence-corrected chi connectivity index (χ0v) is 29.5. The van der Waals surface area contributed by atoms with Crippen LogP contribution in [-0.4, -0.2) is 28.5 Å². The van der Waals surface area contributed by atoms with Gasteiger partial charge in [-0.2, -0.15) is 0 Å². The maximum absolute atomic E-state index is 5.27. The zero-order chi connectivity index (χ0) is 36.0. The van der Waals surface area contributed by atoms with Crippen molar-refractivity contribution in [2.45, 2.75) is 0 Å². The molecule has 0 atom stereocenters. The Kier molecular flexibility index (Phi) is 6.24. The lowest BCUT2D eigenvalue weighted by atomic mass is 10.0. The molecule has 0 aliphatic carbocycles. The summed E-state index contributed by atoms with van der Waals surface area (Å²) in [5, 5.41) is 5.74. The van der Waals surface area contributed by atoms with Crippen LogP contribution in [0.4, 0.5) is 0 Å². The van der Waals surface area contributed by atoms with Crippen LogP contribution in [0, 0.1) is 0 Å². The third kappa shape index (κ3) is 4.46. The van der Waals surface area contributed by atoms with Gasteiger partial charge in [-0.25, -0.2) is 15.0 Å². The van der Waals surface area contributed by atoms with Crippen LogP contribution < -0.4 is 0 Å². The first-order valence-electron chi connectivity index (χ1n) is 18.5. The third-order valence-corrected chi connectivity index (χ3v) is 11.1. The molecular weight excluding hydrogens is 673 g/mol. The molecule has 0 spiro atoms. The van der Waals surface area contributed by atoms with Crippen LogP contribution in [0.2, 0.25) is 0 Å². The summed E-state index contributed by atoms with van der Waals surface area (Å²) >= 11 is 0. The van der Waals surface area contributed by atoms with Gasteiger partial charge in [0.15, 0.2) is 0 Å². The highest BCUT2D eigenvalue weighted by atomic mass is 15.2. The molecule has 5 heterocycles. The van der Waals surface area contributed by atoms with Gasteiger partial charge in [-0.3, -0.25) is 8.97 Å². The molecule has 55 heavy (non-hydrogen) atoms.